The van der Waals surface area contributed by atoms with E-state index in [1.807, 2.05) is 43.3 Å². The van der Waals surface area contributed by atoms with E-state index < -0.39 is 0 Å². The Labute approximate surface area is 141 Å². The molecule has 118 valence electrons. The van der Waals surface area contributed by atoms with Gasteiger partial charge in [-0.1, -0.05) is 35.3 Å². The van der Waals surface area contributed by atoms with E-state index in [4.69, 9.17) is 32.7 Å². The zero-order chi connectivity index (χ0) is 16.1. The van der Waals surface area contributed by atoms with Gasteiger partial charge in [0.1, 0.15) is 0 Å². The number of ether oxygens (including phenoxy) is 2. The molecule has 0 aliphatic rings. The van der Waals surface area contributed by atoms with Gasteiger partial charge >= 0.3 is 0 Å². The van der Waals surface area contributed by atoms with E-state index in [0.29, 0.717) is 28.1 Å². The smallest absolute Gasteiger partial charge is 0.161 e. The largest absolute Gasteiger partial charge is 0.493 e. The topological polar surface area (TPSA) is 30.5 Å². The van der Waals surface area contributed by atoms with Gasteiger partial charge in [0.15, 0.2) is 11.5 Å². The average Bonchev–Trinajstić information content (AvgIpc) is 2.52. The van der Waals surface area contributed by atoms with E-state index in [1.165, 1.54) is 0 Å². The molecule has 0 heterocycles. The molecule has 1 atom stereocenters. The zero-order valence-electron chi connectivity index (χ0n) is 12.8. The van der Waals surface area contributed by atoms with Crippen LogP contribution in [0.1, 0.15) is 24.1 Å². The van der Waals surface area contributed by atoms with Crippen LogP contribution < -0.4 is 14.8 Å². The van der Waals surface area contributed by atoms with Crippen molar-refractivity contribution >= 4 is 23.2 Å². The van der Waals surface area contributed by atoms with Crippen molar-refractivity contribution in [1.29, 1.82) is 0 Å². The lowest BCUT2D eigenvalue weighted by Gasteiger charge is -2.18. The maximum Gasteiger partial charge on any atom is 0.161 e. The molecule has 2 rings (SSSR count). The summed E-state index contributed by atoms with van der Waals surface area (Å²) in [6.45, 7) is 2.71. The normalized spacial score (nSPS) is 12.0. The third-order valence-electron chi connectivity index (χ3n) is 3.49. The molecular formula is C17H19Cl2NO2. The van der Waals surface area contributed by atoms with Crippen molar-refractivity contribution in [1.82, 2.24) is 5.32 Å². The Balaban J connectivity index is 2.09. The molecule has 0 aliphatic carbocycles. The van der Waals surface area contributed by atoms with Gasteiger partial charge in [-0.2, -0.15) is 0 Å². The number of hydrogen-bond donors (Lipinski definition) is 1. The van der Waals surface area contributed by atoms with E-state index in [9.17, 15) is 0 Å². The molecule has 0 amide bonds. The molecule has 2 aromatic rings. The monoisotopic (exact) mass is 339 g/mol. The van der Waals surface area contributed by atoms with Gasteiger partial charge in [-0.15, -0.1) is 0 Å². The number of benzene rings is 2. The van der Waals surface area contributed by atoms with Crippen molar-refractivity contribution in [2.75, 3.05) is 14.2 Å². The summed E-state index contributed by atoms with van der Waals surface area (Å²) in [6.07, 6.45) is 0. The van der Waals surface area contributed by atoms with Crippen molar-refractivity contribution in [2.45, 2.75) is 19.5 Å². The van der Waals surface area contributed by atoms with Crippen molar-refractivity contribution in [2.24, 2.45) is 0 Å². The average molecular weight is 340 g/mol. The summed E-state index contributed by atoms with van der Waals surface area (Å²) in [4.78, 5) is 0. The molecule has 22 heavy (non-hydrogen) atoms. The quantitative estimate of drug-likeness (QED) is 0.814. The van der Waals surface area contributed by atoms with Gasteiger partial charge in [0.05, 0.1) is 14.2 Å². The summed E-state index contributed by atoms with van der Waals surface area (Å²) in [6, 6.07) is 11.4. The molecule has 0 saturated carbocycles. The molecule has 0 bridgehead atoms. The zero-order valence-corrected chi connectivity index (χ0v) is 14.3. The van der Waals surface area contributed by atoms with E-state index in [2.05, 4.69) is 5.32 Å². The van der Waals surface area contributed by atoms with Crippen LogP contribution in [0.15, 0.2) is 36.4 Å². The standard InChI is InChI=1S/C17H19Cl2NO2/c1-11(17-13(18)5-4-6-14(17)19)20-10-12-7-8-15(21-2)16(9-12)22-3/h4-9,11,20H,10H2,1-3H3. The van der Waals surface area contributed by atoms with Crippen LogP contribution in [-0.2, 0) is 6.54 Å². The molecular weight excluding hydrogens is 321 g/mol. The van der Waals surface area contributed by atoms with Crippen molar-refractivity contribution in [3.63, 3.8) is 0 Å². The van der Waals surface area contributed by atoms with Crippen LogP contribution in [0.5, 0.6) is 11.5 Å². The molecule has 2 aromatic carbocycles. The molecule has 0 saturated heterocycles. The molecule has 0 fully saturated rings. The maximum absolute atomic E-state index is 6.23. The van der Waals surface area contributed by atoms with E-state index in [-0.39, 0.29) is 6.04 Å². The molecule has 1 N–H and O–H groups in total. The first-order valence-electron chi connectivity index (χ1n) is 6.95. The first kappa shape index (κ1) is 16.9. The first-order valence-corrected chi connectivity index (χ1v) is 7.70. The SMILES string of the molecule is COc1ccc(CNC(C)c2c(Cl)cccc2Cl)cc1OC. The predicted molar refractivity (Wildman–Crippen MR) is 91.3 cm³/mol. The minimum atomic E-state index is 0.0364. The van der Waals surface area contributed by atoms with Gasteiger partial charge in [0, 0.05) is 28.2 Å². The Morgan fingerprint density at radius 1 is 1.00 bits per heavy atom. The van der Waals surface area contributed by atoms with Gasteiger partial charge in [0.25, 0.3) is 0 Å². The predicted octanol–water partition coefficient (Wildman–Crippen LogP) is 4.86. The number of halogens is 2. The van der Waals surface area contributed by atoms with Crippen LogP contribution in [0.4, 0.5) is 0 Å². The Morgan fingerprint density at radius 2 is 1.64 bits per heavy atom. The molecule has 1 unspecified atom stereocenters. The molecule has 5 heteroatoms. The van der Waals surface area contributed by atoms with Gasteiger partial charge < -0.3 is 14.8 Å². The lowest BCUT2D eigenvalue weighted by Crippen LogP contribution is -2.18. The Kier molecular flexibility index (Phi) is 5.95. The Morgan fingerprint density at radius 3 is 2.23 bits per heavy atom. The third kappa shape index (κ3) is 3.86. The summed E-state index contributed by atoms with van der Waals surface area (Å²) in [7, 11) is 3.25. The first-order chi connectivity index (χ1) is 10.6. The molecule has 0 aromatic heterocycles. The van der Waals surface area contributed by atoms with Gasteiger partial charge in [-0.3, -0.25) is 0 Å². The van der Waals surface area contributed by atoms with Gasteiger partial charge in [-0.25, -0.2) is 0 Å². The summed E-state index contributed by atoms with van der Waals surface area (Å²) < 4.78 is 10.5. The van der Waals surface area contributed by atoms with Gasteiger partial charge in [-0.05, 0) is 36.8 Å². The lowest BCUT2D eigenvalue weighted by molar-refractivity contribution is 0.354. The lowest BCUT2D eigenvalue weighted by atomic mass is 10.1. The Hall–Kier alpha value is -1.42. The number of rotatable bonds is 6. The molecule has 0 radical (unpaired) electrons. The van der Waals surface area contributed by atoms with Crippen LogP contribution in [0, 0.1) is 0 Å². The highest BCUT2D eigenvalue weighted by atomic mass is 35.5. The summed E-state index contributed by atoms with van der Waals surface area (Å²) >= 11 is 12.5. The molecule has 0 spiro atoms. The minimum Gasteiger partial charge on any atom is -0.493 e. The number of nitrogens with one attached hydrogen (secondary N) is 1. The molecule has 0 aliphatic heterocycles. The highest BCUT2D eigenvalue weighted by Crippen LogP contribution is 2.31. The van der Waals surface area contributed by atoms with Gasteiger partial charge in [0.2, 0.25) is 0 Å². The van der Waals surface area contributed by atoms with E-state index in [0.717, 1.165) is 11.1 Å². The summed E-state index contributed by atoms with van der Waals surface area (Å²) in [5.74, 6) is 1.43. The number of hydrogen-bond acceptors (Lipinski definition) is 3. The van der Waals surface area contributed by atoms with Crippen molar-refractivity contribution < 1.29 is 9.47 Å². The van der Waals surface area contributed by atoms with Crippen LogP contribution in [0.25, 0.3) is 0 Å². The minimum absolute atomic E-state index is 0.0364. The van der Waals surface area contributed by atoms with Crippen LogP contribution in [0.2, 0.25) is 10.0 Å². The fraction of sp³-hybridized carbons (Fsp3) is 0.294. The van der Waals surface area contributed by atoms with Crippen LogP contribution >= 0.6 is 23.2 Å². The second-order valence-corrected chi connectivity index (χ2v) is 5.74. The maximum atomic E-state index is 6.23. The fourth-order valence-corrected chi connectivity index (χ4v) is 3.01. The van der Waals surface area contributed by atoms with Crippen molar-refractivity contribution in [3.05, 3.63) is 57.6 Å². The highest BCUT2D eigenvalue weighted by Gasteiger charge is 2.13. The van der Waals surface area contributed by atoms with Crippen LogP contribution in [0.3, 0.4) is 0 Å². The summed E-state index contributed by atoms with van der Waals surface area (Å²) in [5, 5.41) is 4.75. The van der Waals surface area contributed by atoms with Crippen molar-refractivity contribution in [3.8, 4) is 11.5 Å². The third-order valence-corrected chi connectivity index (χ3v) is 4.15. The second kappa shape index (κ2) is 7.73. The second-order valence-electron chi connectivity index (χ2n) is 4.93. The summed E-state index contributed by atoms with van der Waals surface area (Å²) in [5.41, 5.74) is 2.00. The highest BCUT2D eigenvalue weighted by molar-refractivity contribution is 6.36. The Bertz CT molecular complexity index is 626. The van der Waals surface area contributed by atoms with E-state index in [1.54, 1.807) is 14.2 Å². The fourth-order valence-electron chi connectivity index (χ4n) is 2.29. The van der Waals surface area contributed by atoms with E-state index >= 15 is 0 Å². The van der Waals surface area contributed by atoms with Crippen LogP contribution in [-0.4, -0.2) is 14.2 Å². The number of methoxy groups -OCH3 is 2. The molecule has 3 nitrogen and oxygen atoms in total.